The van der Waals surface area contributed by atoms with Crippen LogP contribution in [0.4, 0.5) is 0 Å². The molecule has 0 spiro atoms. The van der Waals surface area contributed by atoms with Gasteiger partial charge in [0.25, 0.3) is 0 Å². The lowest BCUT2D eigenvalue weighted by Gasteiger charge is -2.22. The van der Waals surface area contributed by atoms with Gasteiger partial charge in [0.1, 0.15) is 6.07 Å². The quantitative estimate of drug-likeness (QED) is 0.761. The number of nitrogens with zero attached hydrogens (tertiary/aromatic N) is 3. The van der Waals surface area contributed by atoms with Gasteiger partial charge in [-0.25, -0.2) is 0 Å². The number of hydrogen-bond acceptors (Lipinski definition) is 2. The van der Waals surface area contributed by atoms with E-state index in [1.807, 2.05) is 10.7 Å². The summed E-state index contributed by atoms with van der Waals surface area (Å²) >= 11 is 0. The van der Waals surface area contributed by atoms with Crippen molar-refractivity contribution >= 4 is 0 Å². The lowest BCUT2D eigenvalue weighted by atomic mass is 10.1. The van der Waals surface area contributed by atoms with Crippen molar-refractivity contribution in [2.75, 3.05) is 0 Å². The van der Waals surface area contributed by atoms with Gasteiger partial charge in [0, 0.05) is 5.69 Å². The van der Waals surface area contributed by atoms with Crippen molar-refractivity contribution in [3.8, 4) is 6.07 Å². The zero-order valence-corrected chi connectivity index (χ0v) is 10.0. The largest absolute Gasteiger partial charge is 0.263 e. The molecule has 1 heterocycles. The highest BCUT2D eigenvalue weighted by atomic mass is 15.3. The second kappa shape index (κ2) is 4.48. The molecule has 0 aliphatic heterocycles. The molecule has 1 aromatic heterocycles. The molecule has 0 unspecified atom stereocenters. The normalized spacial score (nSPS) is 11.4. The average molecular weight is 205 g/mol. The van der Waals surface area contributed by atoms with Crippen LogP contribution in [0.25, 0.3) is 0 Å². The van der Waals surface area contributed by atoms with Gasteiger partial charge in [-0.1, -0.05) is 13.3 Å². The third-order valence-corrected chi connectivity index (χ3v) is 2.32. The molecule has 0 aliphatic rings. The highest BCUT2D eigenvalue weighted by Gasteiger charge is 2.18. The van der Waals surface area contributed by atoms with Crippen LogP contribution in [0.3, 0.4) is 0 Å². The molecule has 0 saturated carbocycles. The summed E-state index contributed by atoms with van der Waals surface area (Å²) in [6.45, 7) is 8.49. The van der Waals surface area contributed by atoms with E-state index in [-0.39, 0.29) is 5.54 Å². The van der Waals surface area contributed by atoms with Crippen molar-refractivity contribution in [1.29, 1.82) is 5.26 Å². The molecule has 0 radical (unpaired) electrons. The van der Waals surface area contributed by atoms with Crippen LogP contribution in [-0.2, 0) is 12.0 Å². The van der Waals surface area contributed by atoms with Crippen molar-refractivity contribution in [1.82, 2.24) is 9.78 Å². The molecule has 3 heteroatoms. The first kappa shape index (κ1) is 11.8. The summed E-state index contributed by atoms with van der Waals surface area (Å²) in [5.74, 6) is 0. The molecule has 1 aromatic rings. The summed E-state index contributed by atoms with van der Waals surface area (Å²) in [4.78, 5) is 0. The summed E-state index contributed by atoms with van der Waals surface area (Å²) in [5, 5.41) is 13.1. The first-order chi connectivity index (χ1) is 6.99. The van der Waals surface area contributed by atoms with E-state index in [0.717, 1.165) is 19.3 Å². The van der Waals surface area contributed by atoms with Crippen molar-refractivity contribution in [2.24, 2.45) is 0 Å². The van der Waals surface area contributed by atoms with Gasteiger partial charge in [-0.2, -0.15) is 10.4 Å². The maximum absolute atomic E-state index is 8.84. The maximum atomic E-state index is 8.84. The molecule has 82 valence electrons. The standard InChI is InChI=1S/C12H19N3/c1-5-6-7-11-8-10(9-13)14-15(11)12(2,3)4/h8H,5-7H2,1-4H3. The minimum atomic E-state index is -0.0435. The van der Waals surface area contributed by atoms with Gasteiger partial charge >= 0.3 is 0 Å². The Morgan fingerprint density at radius 2 is 2.13 bits per heavy atom. The SMILES string of the molecule is CCCCc1cc(C#N)nn1C(C)(C)C. The predicted octanol–water partition coefficient (Wildman–Crippen LogP) is 2.85. The number of nitriles is 1. The molecule has 1 rings (SSSR count). The van der Waals surface area contributed by atoms with Gasteiger partial charge in [-0.15, -0.1) is 0 Å². The fourth-order valence-electron chi connectivity index (χ4n) is 1.59. The molecule has 0 aromatic carbocycles. The highest BCUT2D eigenvalue weighted by Crippen LogP contribution is 2.18. The first-order valence-electron chi connectivity index (χ1n) is 5.48. The van der Waals surface area contributed by atoms with Gasteiger partial charge in [-0.05, 0) is 39.7 Å². The van der Waals surface area contributed by atoms with E-state index in [4.69, 9.17) is 5.26 Å². The molecule has 3 nitrogen and oxygen atoms in total. The molecule has 0 saturated heterocycles. The topological polar surface area (TPSA) is 41.6 Å². The van der Waals surface area contributed by atoms with E-state index < -0.39 is 0 Å². The van der Waals surface area contributed by atoms with Gasteiger partial charge in [0.15, 0.2) is 5.69 Å². The lowest BCUT2D eigenvalue weighted by molar-refractivity contribution is 0.342. The Bertz CT molecular complexity index is 363. The van der Waals surface area contributed by atoms with Gasteiger partial charge < -0.3 is 0 Å². The van der Waals surface area contributed by atoms with E-state index >= 15 is 0 Å². The Kier molecular flexibility index (Phi) is 3.52. The van der Waals surface area contributed by atoms with Gasteiger partial charge in [0.2, 0.25) is 0 Å². The molecular formula is C12H19N3. The van der Waals surface area contributed by atoms with Crippen LogP contribution >= 0.6 is 0 Å². The van der Waals surface area contributed by atoms with Crippen LogP contribution in [0.1, 0.15) is 51.9 Å². The van der Waals surface area contributed by atoms with Gasteiger partial charge in [0.05, 0.1) is 5.54 Å². The third-order valence-electron chi connectivity index (χ3n) is 2.32. The molecule has 15 heavy (non-hydrogen) atoms. The molecular weight excluding hydrogens is 186 g/mol. The van der Waals surface area contributed by atoms with Crippen LogP contribution in [0.2, 0.25) is 0 Å². The molecule has 0 atom stereocenters. The summed E-state index contributed by atoms with van der Waals surface area (Å²) < 4.78 is 1.97. The van der Waals surface area contributed by atoms with Crippen molar-refractivity contribution in [3.63, 3.8) is 0 Å². The number of unbranched alkanes of at least 4 members (excludes halogenated alkanes) is 1. The summed E-state index contributed by atoms with van der Waals surface area (Å²) in [6, 6.07) is 4.01. The number of aryl methyl sites for hydroxylation is 1. The number of hydrogen-bond donors (Lipinski definition) is 0. The summed E-state index contributed by atoms with van der Waals surface area (Å²) in [7, 11) is 0. The molecule has 0 aliphatic carbocycles. The fraction of sp³-hybridized carbons (Fsp3) is 0.667. The highest BCUT2D eigenvalue weighted by molar-refractivity contribution is 5.23. The second-order valence-electron chi connectivity index (χ2n) is 4.82. The lowest BCUT2D eigenvalue weighted by Crippen LogP contribution is -2.25. The molecule has 0 fully saturated rings. The van der Waals surface area contributed by atoms with Crippen LogP contribution in [0.15, 0.2) is 6.07 Å². The van der Waals surface area contributed by atoms with Crippen LogP contribution in [0, 0.1) is 11.3 Å². The fourth-order valence-corrected chi connectivity index (χ4v) is 1.59. The van der Waals surface area contributed by atoms with Crippen LogP contribution in [-0.4, -0.2) is 9.78 Å². The van der Waals surface area contributed by atoms with E-state index in [1.165, 1.54) is 5.69 Å². The minimum absolute atomic E-state index is 0.0435. The zero-order chi connectivity index (χ0) is 11.5. The smallest absolute Gasteiger partial charge is 0.162 e. The van der Waals surface area contributed by atoms with Gasteiger partial charge in [-0.3, -0.25) is 4.68 Å². The van der Waals surface area contributed by atoms with E-state index in [0.29, 0.717) is 5.69 Å². The van der Waals surface area contributed by atoms with Crippen molar-refractivity contribution in [2.45, 2.75) is 52.5 Å². The third kappa shape index (κ3) is 2.82. The van der Waals surface area contributed by atoms with Crippen LogP contribution < -0.4 is 0 Å². The molecule has 0 bridgehead atoms. The Balaban J connectivity index is 3.02. The van der Waals surface area contributed by atoms with Crippen LogP contribution in [0.5, 0.6) is 0 Å². The predicted molar refractivity (Wildman–Crippen MR) is 60.6 cm³/mol. The monoisotopic (exact) mass is 205 g/mol. The average Bonchev–Trinajstić information content (AvgIpc) is 2.57. The number of aromatic nitrogens is 2. The summed E-state index contributed by atoms with van der Waals surface area (Å²) in [5.41, 5.74) is 1.65. The van der Waals surface area contributed by atoms with E-state index in [2.05, 4.69) is 38.9 Å². The minimum Gasteiger partial charge on any atom is -0.263 e. The zero-order valence-electron chi connectivity index (χ0n) is 10.0. The Morgan fingerprint density at radius 3 is 2.60 bits per heavy atom. The summed E-state index contributed by atoms with van der Waals surface area (Å²) in [6.07, 6.45) is 3.31. The van der Waals surface area contributed by atoms with E-state index in [9.17, 15) is 0 Å². The van der Waals surface area contributed by atoms with Crippen molar-refractivity contribution in [3.05, 3.63) is 17.5 Å². The second-order valence-corrected chi connectivity index (χ2v) is 4.82. The first-order valence-corrected chi connectivity index (χ1v) is 5.48. The Morgan fingerprint density at radius 1 is 1.47 bits per heavy atom. The molecule has 0 N–H and O–H groups in total. The molecule has 0 amide bonds. The van der Waals surface area contributed by atoms with E-state index in [1.54, 1.807) is 0 Å². The van der Waals surface area contributed by atoms with Crippen molar-refractivity contribution < 1.29 is 0 Å². The Hall–Kier alpha value is -1.30. The maximum Gasteiger partial charge on any atom is 0.162 e. The number of rotatable bonds is 3. The Labute approximate surface area is 91.7 Å².